The monoisotopic (exact) mass is 549 g/mol. The Morgan fingerprint density at radius 2 is 1.82 bits per heavy atom. The first kappa shape index (κ1) is 29.2. The summed E-state index contributed by atoms with van der Waals surface area (Å²) >= 11 is 0. The number of hydrogen-bond donors (Lipinski definition) is 3. The lowest BCUT2D eigenvalue weighted by atomic mass is 10.0. The van der Waals surface area contributed by atoms with Crippen molar-refractivity contribution in [2.75, 3.05) is 6.54 Å². The molecule has 0 saturated carbocycles. The highest BCUT2D eigenvalue weighted by Crippen LogP contribution is 2.24. The van der Waals surface area contributed by atoms with E-state index < -0.39 is 36.1 Å². The molecule has 1 aromatic heterocycles. The maximum Gasteiger partial charge on any atom is 0.325 e. The zero-order chi connectivity index (χ0) is 28.8. The summed E-state index contributed by atoms with van der Waals surface area (Å²) in [5.41, 5.74) is 4.63. The van der Waals surface area contributed by atoms with Crippen LogP contribution in [-0.2, 0) is 23.9 Å². The molecular weight excluding hydrogens is 510 g/mol. The molecule has 1 saturated heterocycles. The molecule has 40 heavy (non-hydrogen) atoms. The van der Waals surface area contributed by atoms with Crippen molar-refractivity contribution in [3.05, 3.63) is 47.8 Å². The number of carbonyl (C=O) groups excluding carboxylic acids is 4. The molecule has 1 fully saturated rings. The van der Waals surface area contributed by atoms with Crippen LogP contribution in [-0.4, -0.2) is 58.4 Å². The van der Waals surface area contributed by atoms with E-state index in [1.54, 1.807) is 13.1 Å². The Hall–Kier alpha value is -3.79. The molecule has 3 amide bonds. The number of fused-ring (bicyclic) bond motifs is 4. The summed E-state index contributed by atoms with van der Waals surface area (Å²) in [6, 6.07) is 5.53. The van der Waals surface area contributed by atoms with E-state index in [1.807, 2.05) is 57.2 Å². The molecule has 4 atom stereocenters. The minimum atomic E-state index is -0.853. The van der Waals surface area contributed by atoms with Gasteiger partial charge in [0, 0.05) is 24.5 Å². The van der Waals surface area contributed by atoms with E-state index in [-0.39, 0.29) is 24.2 Å². The second kappa shape index (κ2) is 13.0. The quantitative estimate of drug-likeness (QED) is 0.466. The van der Waals surface area contributed by atoms with Crippen LogP contribution in [0.3, 0.4) is 0 Å². The number of cyclic esters (lactones) is 1. The standard InChI is InChI=1S/C30H39N5O5/c1-18(2)27-28(37)32-19(3)29(38)35-14-8-10-25(34-35)30(39)40-20(4)21-12-13-22-17-31-24(16-23(22)15-21)9-6-5-7-11-26(36)33-27/h6,9,12-13,15-20,25,27,34H,5,7-8,10-11,14H2,1-4H3,(H,32,37)(H,33,36)/t19-,20+,25-,27-/m0/s1. The van der Waals surface area contributed by atoms with E-state index in [4.69, 9.17) is 4.74 Å². The third-order valence-corrected chi connectivity index (χ3v) is 7.32. The van der Waals surface area contributed by atoms with E-state index in [1.165, 1.54) is 5.01 Å². The molecule has 3 heterocycles. The van der Waals surface area contributed by atoms with Crippen LogP contribution >= 0.6 is 0 Å². The molecule has 10 nitrogen and oxygen atoms in total. The summed E-state index contributed by atoms with van der Waals surface area (Å²) in [5.74, 6) is -1.62. The smallest absolute Gasteiger partial charge is 0.325 e. The number of allylic oxidation sites excluding steroid dienone is 1. The summed E-state index contributed by atoms with van der Waals surface area (Å²) in [6.07, 6.45) is 7.91. The first-order valence-electron chi connectivity index (χ1n) is 14.1. The first-order valence-corrected chi connectivity index (χ1v) is 14.1. The lowest BCUT2D eigenvalue weighted by Crippen LogP contribution is -2.61. The molecule has 10 heteroatoms. The SMILES string of the molecule is CC(C)[C@@H]1NC(=O)CCCC=Cc2cc3cc(ccc3cn2)[C@@H](C)OC(=O)[C@@H]2CCCN(N2)C(=O)[C@H](C)NC1=O. The van der Waals surface area contributed by atoms with Gasteiger partial charge in [0.15, 0.2) is 0 Å². The second-order valence-corrected chi connectivity index (χ2v) is 10.9. The molecule has 214 valence electrons. The highest BCUT2D eigenvalue weighted by molar-refractivity contribution is 5.92. The van der Waals surface area contributed by atoms with E-state index in [0.29, 0.717) is 32.2 Å². The highest BCUT2D eigenvalue weighted by Gasteiger charge is 2.33. The maximum atomic E-state index is 13.2. The zero-order valence-corrected chi connectivity index (χ0v) is 23.6. The van der Waals surface area contributed by atoms with Gasteiger partial charge in [-0.1, -0.05) is 32.1 Å². The van der Waals surface area contributed by atoms with Crippen LogP contribution < -0.4 is 16.1 Å². The average Bonchev–Trinajstić information content (AvgIpc) is 2.94. The Kier molecular flexibility index (Phi) is 9.52. The number of benzene rings is 1. The van der Waals surface area contributed by atoms with Crippen LogP contribution in [0.4, 0.5) is 0 Å². The fraction of sp³-hybridized carbons (Fsp3) is 0.500. The molecule has 1 aromatic carbocycles. The van der Waals surface area contributed by atoms with Crippen molar-refractivity contribution in [1.29, 1.82) is 0 Å². The molecule has 4 rings (SSSR count). The number of amides is 3. The normalized spacial score (nSPS) is 25.7. The second-order valence-electron chi connectivity index (χ2n) is 10.9. The summed E-state index contributed by atoms with van der Waals surface area (Å²) in [5, 5.41) is 8.88. The fourth-order valence-corrected chi connectivity index (χ4v) is 4.92. The van der Waals surface area contributed by atoms with Crippen LogP contribution in [0.2, 0.25) is 0 Å². The maximum absolute atomic E-state index is 13.2. The predicted molar refractivity (Wildman–Crippen MR) is 151 cm³/mol. The van der Waals surface area contributed by atoms with E-state index in [9.17, 15) is 19.2 Å². The number of pyridine rings is 1. The molecule has 0 aliphatic carbocycles. The molecule has 0 spiro atoms. The van der Waals surface area contributed by atoms with Gasteiger partial charge in [0.2, 0.25) is 11.8 Å². The minimum absolute atomic E-state index is 0.172. The van der Waals surface area contributed by atoms with E-state index in [2.05, 4.69) is 21.0 Å². The number of carbonyl (C=O) groups is 4. The third-order valence-electron chi connectivity index (χ3n) is 7.32. The summed E-state index contributed by atoms with van der Waals surface area (Å²) in [6.45, 7) is 7.51. The molecule has 5 bridgehead atoms. The van der Waals surface area contributed by atoms with Gasteiger partial charge in [-0.25, -0.2) is 5.43 Å². The molecular formula is C30H39N5O5. The Balaban J connectivity index is 1.58. The van der Waals surface area contributed by atoms with Gasteiger partial charge in [-0.15, -0.1) is 0 Å². The first-order chi connectivity index (χ1) is 19.1. The molecule has 2 aromatic rings. The molecule has 2 aliphatic heterocycles. The summed E-state index contributed by atoms with van der Waals surface area (Å²) in [4.78, 5) is 56.4. The summed E-state index contributed by atoms with van der Waals surface area (Å²) < 4.78 is 5.80. The molecule has 0 unspecified atom stereocenters. The van der Waals surface area contributed by atoms with Gasteiger partial charge < -0.3 is 15.4 Å². The van der Waals surface area contributed by atoms with Gasteiger partial charge in [-0.2, -0.15) is 0 Å². The average molecular weight is 550 g/mol. The number of nitrogens with zero attached hydrogens (tertiary/aromatic N) is 2. The fourth-order valence-electron chi connectivity index (χ4n) is 4.92. The number of aromatic nitrogens is 1. The van der Waals surface area contributed by atoms with Crippen LogP contribution in [0.5, 0.6) is 0 Å². The zero-order valence-electron chi connectivity index (χ0n) is 23.6. The van der Waals surface area contributed by atoms with Gasteiger partial charge in [0.1, 0.15) is 24.2 Å². The number of hydrazine groups is 1. The Morgan fingerprint density at radius 3 is 2.60 bits per heavy atom. The van der Waals surface area contributed by atoms with Gasteiger partial charge in [-0.3, -0.25) is 29.2 Å². The Bertz CT molecular complexity index is 1290. The molecule has 2 aliphatic rings. The minimum Gasteiger partial charge on any atom is -0.457 e. The Morgan fingerprint density at radius 1 is 1.02 bits per heavy atom. The lowest BCUT2D eigenvalue weighted by molar-refractivity contribution is -0.157. The van der Waals surface area contributed by atoms with Crippen molar-refractivity contribution in [2.45, 2.75) is 84.0 Å². The van der Waals surface area contributed by atoms with Crippen molar-refractivity contribution in [2.24, 2.45) is 5.92 Å². The molecule has 3 N–H and O–H groups in total. The number of esters is 1. The van der Waals surface area contributed by atoms with E-state index >= 15 is 0 Å². The largest absolute Gasteiger partial charge is 0.457 e. The van der Waals surface area contributed by atoms with Crippen LogP contribution in [0.15, 0.2) is 36.5 Å². The van der Waals surface area contributed by atoms with Crippen molar-refractivity contribution < 1.29 is 23.9 Å². The topological polar surface area (TPSA) is 130 Å². The van der Waals surface area contributed by atoms with Crippen molar-refractivity contribution in [3.8, 4) is 0 Å². The molecule has 0 radical (unpaired) electrons. The van der Waals surface area contributed by atoms with Crippen LogP contribution in [0.1, 0.15) is 77.2 Å². The number of nitrogens with one attached hydrogen (secondary N) is 3. The van der Waals surface area contributed by atoms with Gasteiger partial charge in [-0.05, 0) is 74.6 Å². The summed E-state index contributed by atoms with van der Waals surface area (Å²) in [7, 11) is 0. The van der Waals surface area contributed by atoms with Crippen LogP contribution in [0.25, 0.3) is 16.8 Å². The number of rotatable bonds is 1. The van der Waals surface area contributed by atoms with Gasteiger partial charge >= 0.3 is 5.97 Å². The van der Waals surface area contributed by atoms with Crippen molar-refractivity contribution in [3.63, 3.8) is 0 Å². The number of ether oxygens (including phenoxy) is 1. The van der Waals surface area contributed by atoms with Gasteiger partial charge in [0.25, 0.3) is 5.91 Å². The number of hydrogen-bond acceptors (Lipinski definition) is 7. The predicted octanol–water partition coefficient (Wildman–Crippen LogP) is 3.18. The van der Waals surface area contributed by atoms with Crippen molar-refractivity contribution in [1.82, 2.24) is 26.1 Å². The van der Waals surface area contributed by atoms with Crippen LogP contribution in [0, 0.1) is 5.92 Å². The third kappa shape index (κ3) is 7.24. The van der Waals surface area contributed by atoms with Gasteiger partial charge in [0.05, 0.1) is 5.69 Å². The lowest BCUT2D eigenvalue weighted by Gasteiger charge is -2.35. The Labute approximate surface area is 234 Å². The van der Waals surface area contributed by atoms with E-state index in [0.717, 1.165) is 22.0 Å². The van der Waals surface area contributed by atoms with Crippen molar-refractivity contribution >= 4 is 40.5 Å². The highest BCUT2D eigenvalue weighted by atomic mass is 16.5.